The maximum atomic E-state index is 3.52. The van der Waals surface area contributed by atoms with Crippen LogP contribution in [0.25, 0.3) is 0 Å². The number of nitrogens with zero attached hydrogens (tertiary/aromatic N) is 1. The van der Waals surface area contributed by atoms with Gasteiger partial charge in [-0.15, -0.1) is 0 Å². The Labute approximate surface area is 107 Å². The van der Waals surface area contributed by atoms with Crippen LogP contribution in [0.2, 0.25) is 0 Å². The maximum absolute atomic E-state index is 3.52. The molecule has 0 atom stereocenters. The lowest BCUT2D eigenvalue weighted by atomic mass is 9.85. The van der Waals surface area contributed by atoms with Crippen molar-refractivity contribution in [3.05, 3.63) is 34.3 Å². The van der Waals surface area contributed by atoms with Crippen molar-refractivity contribution in [1.29, 1.82) is 0 Å². The average molecular weight is 282 g/mol. The third-order valence-electron chi connectivity index (χ3n) is 3.47. The second kappa shape index (κ2) is 5.83. The second-order valence-corrected chi connectivity index (χ2v) is 5.85. The first-order chi connectivity index (χ1) is 7.74. The summed E-state index contributed by atoms with van der Waals surface area (Å²) in [6.07, 6.45) is 5.50. The van der Waals surface area contributed by atoms with Gasteiger partial charge in [0.25, 0.3) is 0 Å². The van der Waals surface area contributed by atoms with Crippen molar-refractivity contribution in [3.63, 3.8) is 0 Å². The van der Waals surface area contributed by atoms with Crippen LogP contribution in [-0.2, 0) is 6.42 Å². The fraction of sp³-hybridized carbons (Fsp3) is 0.571. The molecule has 2 heteroatoms. The predicted molar refractivity (Wildman–Crippen MR) is 72.7 cm³/mol. The number of likely N-dealkylation sites (N-methyl/N-ethyl adjacent to an activating group) is 1. The second-order valence-electron chi connectivity index (χ2n) is 4.94. The standard InChI is InChI=1S/C14H20BrN/c1-16(11-13-5-2-6-13)9-8-12-4-3-7-14(15)10-12/h3-4,7,10,13H,2,5-6,8-9,11H2,1H3. The van der Waals surface area contributed by atoms with Crippen LogP contribution >= 0.6 is 15.9 Å². The first-order valence-electron chi connectivity index (χ1n) is 6.17. The van der Waals surface area contributed by atoms with E-state index < -0.39 is 0 Å². The van der Waals surface area contributed by atoms with Crippen LogP contribution in [0.5, 0.6) is 0 Å². The predicted octanol–water partition coefficient (Wildman–Crippen LogP) is 3.72. The van der Waals surface area contributed by atoms with Crippen LogP contribution in [-0.4, -0.2) is 25.0 Å². The summed E-state index contributed by atoms with van der Waals surface area (Å²) in [6.45, 7) is 2.46. The Morgan fingerprint density at radius 2 is 2.19 bits per heavy atom. The van der Waals surface area contributed by atoms with Crippen LogP contribution in [0.3, 0.4) is 0 Å². The van der Waals surface area contributed by atoms with Gasteiger partial charge in [0.05, 0.1) is 0 Å². The van der Waals surface area contributed by atoms with Gasteiger partial charge >= 0.3 is 0 Å². The number of rotatable bonds is 5. The third kappa shape index (κ3) is 3.60. The van der Waals surface area contributed by atoms with Crippen molar-refractivity contribution in [3.8, 4) is 0 Å². The molecule has 0 N–H and O–H groups in total. The molecule has 0 unspecified atom stereocenters. The van der Waals surface area contributed by atoms with E-state index in [0.29, 0.717) is 0 Å². The molecule has 0 saturated heterocycles. The molecule has 0 amide bonds. The summed E-state index contributed by atoms with van der Waals surface area (Å²) >= 11 is 3.52. The van der Waals surface area contributed by atoms with Gasteiger partial charge in [0.15, 0.2) is 0 Å². The molecule has 1 saturated carbocycles. The van der Waals surface area contributed by atoms with Crippen LogP contribution in [0, 0.1) is 5.92 Å². The van der Waals surface area contributed by atoms with Crippen LogP contribution in [0.4, 0.5) is 0 Å². The lowest BCUT2D eigenvalue weighted by molar-refractivity contribution is 0.207. The fourth-order valence-electron chi connectivity index (χ4n) is 2.22. The Hall–Kier alpha value is -0.340. The Balaban J connectivity index is 1.73. The largest absolute Gasteiger partial charge is 0.306 e. The zero-order valence-electron chi connectivity index (χ0n) is 9.95. The lowest BCUT2D eigenvalue weighted by Crippen LogP contribution is -2.30. The van der Waals surface area contributed by atoms with Crippen molar-refractivity contribution >= 4 is 15.9 Å². The van der Waals surface area contributed by atoms with Crippen molar-refractivity contribution in [2.24, 2.45) is 5.92 Å². The van der Waals surface area contributed by atoms with E-state index in [1.165, 1.54) is 42.4 Å². The molecule has 88 valence electrons. The van der Waals surface area contributed by atoms with Crippen molar-refractivity contribution < 1.29 is 0 Å². The van der Waals surface area contributed by atoms with Gasteiger partial charge in [-0.2, -0.15) is 0 Å². The number of hydrogen-bond acceptors (Lipinski definition) is 1. The summed E-state index contributed by atoms with van der Waals surface area (Å²) in [7, 11) is 2.25. The highest BCUT2D eigenvalue weighted by Gasteiger charge is 2.18. The minimum absolute atomic E-state index is 0.979. The van der Waals surface area contributed by atoms with E-state index in [4.69, 9.17) is 0 Å². The minimum Gasteiger partial charge on any atom is -0.306 e. The van der Waals surface area contributed by atoms with E-state index in [1.807, 2.05) is 0 Å². The van der Waals surface area contributed by atoms with E-state index in [-0.39, 0.29) is 0 Å². The molecule has 1 aromatic carbocycles. The summed E-state index contributed by atoms with van der Waals surface area (Å²) in [4.78, 5) is 2.48. The molecule has 0 bridgehead atoms. The first kappa shape index (κ1) is 12.1. The van der Waals surface area contributed by atoms with Crippen molar-refractivity contribution in [2.75, 3.05) is 20.1 Å². The van der Waals surface area contributed by atoms with Gasteiger partial charge in [-0.1, -0.05) is 34.5 Å². The molecule has 1 nitrogen and oxygen atoms in total. The number of halogens is 1. The lowest BCUT2D eigenvalue weighted by Gasteiger charge is -2.30. The molecule has 1 fully saturated rings. The number of benzene rings is 1. The molecule has 2 rings (SSSR count). The zero-order chi connectivity index (χ0) is 11.4. The number of hydrogen-bond donors (Lipinski definition) is 0. The van der Waals surface area contributed by atoms with Gasteiger partial charge in [0.2, 0.25) is 0 Å². The third-order valence-corrected chi connectivity index (χ3v) is 3.96. The molecule has 0 aliphatic heterocycles. The van der Waals surface area contributed by atoms with E-state index in [9.17, 15) is 0 Å². The van der Waals surface area contributed by atoms with Crippen molar-refractivity contribution in [1.82, 2.24) is 4.90 Å². The molecule has 1 aliphatic rings. The molecule has 0 radical (unpaired) electrons. The molecular formula is C14H20BrN. The summed E-state index contributed by atoms with van der Waals surface area (Å²) in [6, 6.07) is 8.63. The van der Waals surface area contributed by atoms with Crippen LogP contribution in [0.15, 0.2) is 28.7 Å². The molecule has 0 spiro atoms. The average Bonchev–Trinajstić information content (AvgIpc) is 2.21. The molecule has 1 aliphatic carbocycles. The topological polar surface area (TPSA) is 3.24 Å². The quantitative estimate of drug-likeness (QED) is 0.795. The molecule has 16 heavy (non-hydrogen) atoms. The first-order valence-corrected chi connectivity index (χ1v) is 6.96. The Morgan fingerprint density at radius 1 is 1.38 bits per heavy atom. The summed E-state index contributed by atoms with van der Waals surface area (Å²) < 4.78 is 1.19. The summed E-state index contributed by atoms with van der Waals surface area (Å²) in [5.74, 6) is 0.979. The SMILES string of the molecule is CN(CCc1cccc(Br)c1)CC1CCC1. The molecular weight excluding hydrogens is 262 g/mol. The Bertz CT molecular complexity index is 333. The maximum Gasteiger partial charge on any atom is 0.0178 e. The zero-order valence-corrected chi connectivity index (χ0v) is 11.5. The van der Waals surface area contributed by atoms with Crippen LogP contribution < -0.4 is 0 Å². The van der Waals surface area contributed by atoms with Gasteiger partial charge in [0.1, 0.15) is 0 Å². The smallest absolute Gasteiger partial charge is 0.0178 e. The van der Waals surface area contributed by atoms with E-state index in [2.05, 4.69) is 52.1 Å². The Kier molecular flexibility index (Phi) is 4.42. The fourth-order valence-corrected chi connectivity index (χ4v) is 2.67. The molecule has 0 aromatic heterocycles. The van der Waals surface area contributed by atoms with Gasteiger partial charge in [-0.25, -0.2) is 0 Å². The molecule has 1 aromatic rings. The van der Waals surface area contributed by atoms with E-state index >= 15 is 0 Å². The Morgan fingerprint density at radius 3 is 2.81 bits per heavy atom. The molecule has 0 heterocycles. The van der Waals surface area contributed by atoms with Gasteiger partial charge in [-0.05, 0) is 49.9 Å². The van der Waals surface area contributed by atoms with Gasteiger partial charge < -0.3 is 4.90 Å². The normalized spacial score (nSPS) is 16.4. The van der Waals surface area contributed by atoms with Gasteiger partial charge in [-0.3, -0.25) is 0 Å². The summed E-state index contributed by atoms with van der Waals surface area (Å²) in [5, 5.41) is 0. The monoisotopic (exact) mass is 281 g/mol. The highest BCUT2D eigenvalue weighted by Crippen LogP contribution is 2.26. The van der Waals surface area contributed by atoms with Crippen LogP contribution in [0.1, 0.15) is 24.8 Å². The minimum atomic E-state index is 0.979. The van der Waals surface area contributed by atoms with Gasteiger partial charge in [0, 0.05) is 17.6 Å². The van der Waals surface area contributed by atoms with E-state index in [0.717, 1.165) is 12.3 Å². The van der Waals surface area contributed by atoms with Crippen molar-refractivity contribution in [2.45, 2.75) is 25.7 Å². The highest BCUT2D eigenvalue weighted by molar-refractivity contribution is 9.10. The highest BCUT2D eigenvalue weighted by atomic mass is 79.9. The summed E-state index contributed by atoms with van der Waals surface area (Å²) in [5.41, 5.74) is 1.43. The van der Waals surface area contributed by atoms with E-state index in [1.54, 1.807) is 0 Å².